The van der Waals surface area contributed by atoms with Crippen LogP contribution in [0.15, 0.2) is 29.3 Å². The molecule has 1 fully saturated rings. The lowest BCUT2D eigenvalue weighted by Gasteiger charge is -2.27. The molecule has 0 spiro atoms. The van der Waals surface area contributed by atoms with Gasteiger partial charge in [0.1, 0.15) is 11.6 Å². The highest BCUT2D eigenvalue weighted by Gasteiger charge is 2.34. The van der Waals surface area contributed by atoms with Crippen LogP contribution in [0.2, 0.25) is 0 Å². The number of nitrogens with zero attached hydrogens (tertiary/aromatic N) is 1. The molecule has 1 aromatic rings. The number of ether oxygens (including phenoxy) is 2. The number of benzene rings is 1. The van der Waals surface area contributed by atoms with E-state index in [9.17, 15) is 9.50 Å². The van der Waals surface area contributed by atoms with Crippen LogP contribution in [0.1, 0.15) is 25.7 Å². The monoisotopic (exact) mass is 367 g/mol. The van der Waals surface area contributed by atoms with Gasteiger partial charge in [0.15, 0.2) is 5.96 Å². The minimum Gasteiger partial charge on any atom is -0.494 e. The normalized spacial score (nSPS) is 20.2. The van der Waals surface area contributed by atoms with Gasteiger partial charge in [0.05, 0.1) is 13.2 Å². The van der Waals surface area contributed by atoms with Crippen LogP contribution in [0.4, 0.5) is 4.39 Å². The van der Waals surface area contributed by atoms with E-state index in [2.05, 4.69) is 15.6 Å². The first kappa shape index (κ1) is 20.5. The Bertz CT molecular complexity index is 545. The Balaban J connectivity index is 1.59. The summed E-state index contributed by atoms with van der Waals surface area (Å²) in [4.78, 5) is 4.24. The van der Waals surface area contributed by atoms with Gasteiger partial charge in [-0.3, -0.25) is 4.99 Å². The zero-order valence-corrected chi connectivity index (χ0v) is 15.5. The van der Waals surface area contributed by atoms with E-state index in [1.165, 1.54) is 12.1 Å². The number of aliphatic hydroxyl groups excluding tert-OH is 1. The number of aliphatic imine (C=N–C) groups is 1. The van der Waals surface area contributed by atoms with Crippen molar-refractivity contribution >= 4 is 5.96 Å². The third-order valence-corrected chi connectivity index (χ3v) is 4.63. The van der Waals surface area contributed by atoms with Crippen LogP contribution in [-0.4, -0.2) is 57.6 Å². The molecule has 0 amide bonds. The maximum atomic E-state index is 12.8. The summed E-state index contributed by atoms with van der Waals surface area (Å²) in [5.74, 6) is 1.18. The zero-order chi connectivity index (χ0) is 18.7. The van der Waals surface area contributed by atoms with Crippen LogP contribution in [-0.2, 0) is 4.74 Å². The minimum absolute atomic E-state index is 0.00460. The molecule has 3 N–H and O–H groups in total. The number of rotatable bonds is 10. The number of unbranched alkanes of at least 4 members (excludes halogenated alkanes) is 1. The van der Waals surface area contributed by atoms with Gasteiger partial charge in [-0.2, -0.15) is 0 Å². The van der Waals surface area contributed by atoms with E-state index in [-0.39, 0.29) is 17.8 Å². The highest BCUT2D eigenvalue weighted by atomic mass is 19.1. The summed E-state index contributed by atoms with van der Waals surface area (Å²) in [5.41, 5.74) is -0.00460. The van der Waals surface area contributed by atoms with Gasteiger partial charge in [-0.05, 0) is 49.9 Å². The van der Waals surface area contributed by atoms with Crippen molar-refractivity contribution in [2.24, 2.45) is 10.4 Å². The van der Waals surface area contributed by atoms with Crippen molar-refractivity contribution in [1.29, 1.82) is 0 Å². The summed E-state index contributed by atoms with van der Waals surface area (Å²) < 4.78 is 23.9. The van der Waals surface area contributed by atoms with Gasteiger partial charge in [-0.25, -0.2) is 4.39 Å². The smallest absolute Gasteiger partial charge is 0.190 e. The van der Waals surface area contributed by atoms with E-state index in [0.717, 1.165) is 51.3 Å². The maximum Gasteiger partial charge on any atom is 0.190 e. The highest BCUT2D eigenvalue weighted by Crippen LogP contribution is 2.31. The Morgan fingerprint density at radius 3 is 2.77 bits per heavy atom. The highest BCUT2D eigenvalue weighted by molar-refractivity contribution is 5.79. The molecule has 1 unspecified atom stereocenters. The minimum atomic E-state index is -0.259. The Morgan fingerprint density at radius 1 is 1.31 bits per heavy atom. The number of guanidine groups is 1. The van der Waals surface area contributed by atoms with Gasteiger partial charge in [-0.15, -0.1) is 0 Å². The maximum absolute atomic E-state index is 12.8. The molecule has 0 aliphatic carbocycles. The van der Waals surface area contributed by atoms with Gasteiger partial charge in [0.25, 0.3) is 0 Å². The van der Waals surface area contributed by atoms with Crippen molar-refractivity contribution in [3.05, 3.63) is 30.1 Å². The fraction of sp³-hybridized carbons (Fsp3) is 0.632. The van der Waals surface area contributed by atoms with Crippen molar-refractivity contribution in [1.82, 2.24) is 10.6 Å². The van der Waals surface area contributed by atoms with E-state index in [1.54, 1.807) is 19.2 Å². The standard InChI is InChI=1S/C19H30FN3O3/c1-21-18(23-14-19(8-11-24)9-13-25-15-19)22-10-2-3-12-26-17-6-4-16(20)5-7-17/h4-7,24H,2-3,8-15H2,1H3,(H2,21,22,23). The first-order valence-corrected chi connectivity index (χ1v) is 9.19. The lowest BCUT2D eigenvalue weighted by atomic mass is 9.84. The summed E-state index contributed by atoms with van der Waals surface area (Å²) in [5, 5.41) is 15.9. The number of aliphatic hydroxyl groups is 1. The van der Waals surface area contributed by atoms with Crippen molar-refractivity contribution < 1.29 is 19.0 Å². The largest absolute Gasteiger partial charge is 0.494 e. The van der Waals surface area contributed by atoms with Gasteiger partial charge in [-0.1, -0.05) is 0 Å². The molecule has 0 aromatic heterocycles. The van der Waals surface area contributed by atoms with E-state index in [1.807, 2.05) is 0 Å². The van der Waals surface area contributed by atoms with Gasteiger partial charge >= 0.3 is 0 Å². The second kappa shape index (κ2) is 11.0. The number of hydrogen-bond acceptors (Lipinski definition) is 4. The molecule has 6 nitrogen and oxygen atoms in total. The number of halogens is 1. The van der Waals surface area contributed by atoms with Crippen LogP contribution < -0.4 is 15.4 Å². The third-order valence-electron chi connectivity index (χ3n) is 4.63. The van der Waals surface area contributed by atoms with Crippen LogP contribution in [0.25, 0.3) is 0 Å². The summed E-state index contributed by atoms with van der Waals surface area (Å²) in [6.07, 6.45) is 3.52. The van der Waals surface area contributed by atoms with Crippen LogP contribution in [0.3, 0.4) is 0 Å². The quantitative estimate of drug-likeness (QED) is 0.335. The van der Waals surface area contributed by atoms with E-state index in [4.69, 9.17) is 9.47 Å². The second-order valence-electron chi connectivity index (χ2n) is 6.64. The Morgan fingerprint density at radius 2 is 2.12 bits per heavy atom. The molecule has 1 saturated heterocycles. The molecule has 1 aliphatic heterocycles. The van der Waals surface area contributed by atoms with Crippen LogP contribution in [0.5, 0.6) is 5.75 Å². The van der Waals surface area contributed by atoms with Gasteiger partial charge in [0, 0.05) is 38.8 Å². The van der Waals surface area contributed by atoms with Crippen LogP contribution >= 0.6 is 0 Å². The molecule has 26 heavy (non-hydrogen) atoms. The molecule has 2 rings (SSSR count). The summed E-state index contributed by atoms with van der Waals surface area (Å²) in [6, 6.07) is 6.06. The van der Waals surface area contributed by atoms with Crippen molar-refractivity contribution in [2.75, 3.05) is 46.6 Å². The first-order chi connectivity index (χ1) is 12.7. The average molecular weight is 367 g/mol. The van der Waals surface area contributed by atoms with E-state index in [0.29, 0.717) is 19.0 Å². The van der Waals surface area contributed by atoms with E-state index >= 15 is 0 Å². The number of nitrogens with one attached hydrogen (secondary N) is 2. The Kier molecular flexibility index (Phi) is 8.64. The predicted molar refractivity (Wildman–Crippen MR) is 100 cm³/mol. The molecule has 0 radical (unpaired) electrons. The van der Waals surface area contributed by atoms with Crippen molar-refractivity contribution in [3.63, 3.8) is 0 Å². The summed E-state index contributed by atoms with van der Waals surface area (Å²) in [7, 11) is 1.75. The lowest BCUT2D eigenvalue weighted by Crippen LogP contribution is -2.44. The number of hydrogen-bond donors (Lipinski definition) is 3. The molecule has 1 aromatic carbocycles. The molecule has 0 saturated carbocycles. The topological polar surface area (TPSA) is 75.1 Å². The Hall–Kier alpha value is -1.86. The summed E-state index contributed by atoms with van der Waals surface area (Å²) >= 11 is 0. The van der Waals surface area contributed by atoms with E-state index < -0.39 is 0 Å². The molecule has 1 atom stereocenters. The van der Waals surface area contributed by atoms with Crippen molar-refractivity contribution in [2.45, 2.75) is 25.7 Å². The second-order valence-corrected chi connectivity index (χ2v) is 6.64. The molecule has 1 heterocycles. The average Bonchev–Trinajstić information content (AvgIpc) is 3.11. The van der Waals surface area contributed by atoms with Gasteiger partial charge in [0.2, 0.25) is 0 Å². The molecule has 1 aliphatic rings. The van der Waals surface area contributed by atoms with Crippen molar-refractivity contribution in [3.8, 4) is 5.75 Å². The zero-order valence-electron chi connectivity index (χ0n) is 15.5. The fourth-order valence-electron chi connectivity index (χ4n) is 2.96. The molecular formula is C19H30FN3O3. The van der Waals surface area contributed by atoms with Gasteiger partial charge < -0.3 is 25.2 Å². The van der Waals surface area contributed by atoms with Crippen LogP contribution in [0, 0.1) is 11.2 Å². The summed E-state index contributed by atoms with van der Waals surface area (Å²) in [6.45, 7) is 3.72. The lowest BCUT2D eigenvalue weighted by molar-refractivity contribution is 0.127. The predicted octanol–water partition coefficient (Wildman–Crippen LogP) is 1.94. The molecule has 0 bridgehead atoms. The SMILES string of the molecule is CN=C(NCCCCOc1ccc(F)cc1)NCC1(CCO)CCOC1. The third kappa shape index (κ3) is 6.80. The molecule has 146 valence electrons. The fourth-order valence-corrected chi connectivity index (χ4v) is 2.96. The molecule has 7 heteroatoms. The molecular weight excluding hydrogens is 337 g/mol. The first-order valence-electron chi connectivity index (χ1n) is 9.19. The Labute approximate surface area is 154 Å².